The Kier molecular flexibility index (Phi) is 5.11. The molecule has 3 aromatic rings. The van der Waals surface area contributed by atoms with Crippen LogP contribution in [0.15, 0.2) is 84.4 Å². The van der Waals surface area contributed by atoms with Gasteiger partial charge < -0.3 is 9.84 Å². The fourth-order valence-electron chi connectivity index (χ4n) is 3.81. The number of aryl methyl sites for hydroxylation is 1. The van der Waals surface area contributed by atoms with E-state index in [1.165, 1.54) is 12.0 Å². The number of anilines is 1. The van der Waals surface area contributed by atoms with Gasteiger partial charge in [0.2, 0.25) is 0 Å². The van der Waals surface area contributed by atoms with Crippen molar-refractivity contribution in [2.75, 3.05) is 12.0 Å². The predicted molar refractivity (Wildman–Crippen MR) is 115 cm³/mol. The standard InChI is InChI=1S/C25H21NO4/c1-16-9-8-12-18(15-16)26-22(19-13-6-7-14-20(19)30-2)21(24(28)25(26)29)23(27)17-10-4-3-5-11-17/h3-15,22,27H,1-2H3/t22-/m1/s1. The molecule has 0 spiro atoms. The van der Waals surface area contributed by atoms with Gasteiger partial charge in [-0.15, -0.1) is 0 Å². The lowest BCUT2D eigenvalue weighted by Gasteiger charge is -2.26. The van der Waals surface area contributed by atoms with Gasteiger partial charge in [-0.25, -0.2) is 0 Å². The Bertz CT molecular complexity index is 1150. The zero-order valence-electron chi connectivity index (χ0n) is 16.7. The van der Waals surface area contributed by atoms with Crippen LogP contribution < -0.4 is 9.64 Å². The summed E-state index contributed by atoms with van der Waals surface area (Å²) in [6.45, 7) is 1.92. The van der Waals surface area contributed by atoms with Crippen LogP contribution in [-0.2, 0) is 9.59 Å². The summed E-state index contributed by atoms with van der Waals surface area (Å²) in [5.41, 5.74) is 2.67. The highest BCUT2D eigenvalue weighted by Crippen LogP contribution is 2.44. The average molecular weight is 399 g/mol. The number of hydrogen-bond donors (Lipinski definition) is 1. The first-order valence-electron chi connectivity index (χ1n) is 9.59. The summed E-state index contributed by atoms with van der Waals surface area (Å²) in [5.74, 6) is -1.09. The molecule has 1 saturated heterocycles. The van der Waals surface area contributed by atoms with Crippen molar-refractivity contribution >= 4 is 23.1 Å². The van der Waals surface area contributed by atoms with Gasteiger partial charge in [0.05, 0.1) is 18.7 Å². The number of amides is 1. The van der Waals surface area contributed by atoms with E-state index in [2.05, 4.69) is 0 Å². The lowest BCUT2D eigenvalue weighted by Crippen LogP contribution is -2.29. The molecule has 1 amide bonds. The van der Waals surface area contributed by atoms with Crippen molar-refractivity contribution < 1.29 is 19.4 Å². The number of rotatable bonds is 4. The van der Waals surface area contributed by atoms with Gasteiger partial charge in [0.25, 0.3) is 11.7 Å². The highest BCUT2D eigenvalue weighted by atomic mass is 16.5. The number of para-hydroxylation sites is 1. The first-order valence-corrected chi connectivity index (χ1v) is 9.59. The molecule has 150 valence electrons. The van der Waals surface area contributed by atoms with Gasteiger partial charge in [0.1, 0.15) is 11.5 Å². The van der Waals surface area contributed by atoms with Gasteiger partial charge in [-0.2, -0.15) is 0 Å². The summed E-state index contributed by atoms with van der Waals surface area (Å²) in [7, 11) is 1.54. The fraction of sp³-hybridized carbons (Fsp3) is 0.120. The van der Waals surface area contributed by atoms with Crippen molar-refractivity contribution in [2.45, 2.75) is 13.0 Å². The molecule has 1 N–H and O–H groups in total. The molecule has 3 aromatic carbocycles. The van der Waals surface area contributed by atoms with E-state index in [0.717, 1.165) is 5.56 Å². The molecule has 1 aliphatic heterocycles. The zero-order valence-corrected chi connectivity index (χ0v) is 16.7. The molecule has 4 rings (SSSR count). The second-order valence-electron chi connectivity index (χ2n) is 7.12. The molecule has 1 aliphatic rings. The maximum Gasteiger partial charge on any atom is 0.300 e. The maximum absolute atomic E-state index is 13.1. The molecule has 1 heterocycles. The van der Waals surface area contributed by atoms with Crippen LogP contribution in [0.2, 0.25) is 0 Å². The van der Waals surface area contributed by atoms with Gasteiger partial charge in [-0.1, -0.05) is 60.7 Å². The summed E-state index contributed by atoms with van der Waals surface area (Å²) in [4.78, 5) is 27.7. The number of ketones is 1. The van der Waals surface area contributed by atoms with Gasteiger partial charge in [-0.05, 0) is 30.7 Å². The number of aliphatic hydroxyl groups excluding tert-OH is 1. The molecule has 1 fully saturated rings. The fourth-order valence-corrected chi connectivity index (χ4v) is 3.81. The van der Waals surface area contributed by atoms with Crippen LogP contribution in [0, 0.1) is 6.92 Å². The van der Waals surface area contributed by atoms with Crippen LogP contribution in [0.4, 0.5) is 5.69 Å². The lowest BCUT2D eigenvalue weighted by atomic mass is 9.94. The number of nitrogens with zero attached hydrogens (tertiary/aromatic N) is 1. The molecular formula is C25H21NO4. The van der Waals surface area contributed by atoms with E-state index >= 15 is 0 Å². The van der Waals surface area contributed by atoms with E-state index in [1.807, 2.05) is 43.3 Å². The monoisotopic (exact) mass is 399 g/mol. The van der Waals surface area contributed by atoms with Crippen LogP contribution in [-0.4, -0.2) is 23.9 Å². The number of benzene rings is 3. The Balaban J connectivity index is 2.00. The van der Waals surface area contributed by atoms with Crippen molar-refractivity contribution in [1.82, 2.24) is 0 Å². The second-order valence-corrected chi connectivity index (χ2v) is 7.12. The normalized spacial score (nSPS) is 17.9. The van der Waals surface area contributed by atoms with Crippen LogP contribution in [0.25, 0.3) is 5.76 Å². The number of carbonyl (C=O) groups is 2. The quantitative estimate of drug-likeness (QED) is 0.395. The minimum absolute atomic E-state index is 0.0391. The van der Waals surface area contributed by atoms with E-state index < -0.39 is 17.7 Å². The van der Waals surface area contributed by atoms with Gasteiger partial charge in [0, 0.05) is 16.8 Å². The van der Waals surface area contributed by atoms with E-state index in [1.54, 1.807) is 42.5 Å². The van der Waals surface area contributed by atoms with Crippen LogP contribution in [0.5, 0.6) is 5.75 Å². The Morgan fingerprint density at radius 1 is 0.933 bits per heavy atom. The Morgan fingerprint density at radius 2 is 1.63 bits per heavy atom. The topological polar surface area (TPSA) is 66.8 Å². The van der Waals surface area contributed by atoms with Gasteiger partial charge in [-0.3, -0.25) is 14.5 Å². The third-order valence-electron chi connectivity index (χ3n) is 5.20. The van der Waals surface area contributed by atoms with E-state index in [-0.39, 0.29) is 11.3 Å². The molecule has 0 saturated carbocycles. The number of methoxy groups -OCH3 is 1. The first kappa shape index (κ1) is 19.5. The molecule has 0 unspecified atom stereocenters. The smallest absolute Gasteiger partial charge is 0.300 e. The summed E-state index contributed by atoms with van der Waals surface area (Å²) >= 11 is 0. The van der Waals surface area contributed by atoms with Crippen LogP contribution in [0.3, 0.4) is 0 Å². The third kappa shape index (κ3) is 3.24. The summed E-state index contributed by atoms with van der Waals surface area (Å²) in [5, 5.41) is 11.1. The van der Waals surface area contributed by atoms with E-state index in [9.17, 15) is 14.7 Å². The van der Waals surface area contributed by atoms with Gasteiger partial charge >= 0.3 is 0 Å². The van der Waals surface area contributed by atoms with Crippen LogP contribution in [0.1, 0.15) is 22.7 Å². The molecule has 0 bridgehead atoms. The molecular weight excluding hydrogens is 378 g/mol. The number of carbonyl (C=O) groups excluding carboxylic acids is 2. The number of Topliss-reactive ketones (excluding diaryl/α,β-unsaturated/α-hetero) is 1. The Hall–Kier alpha value is -3.86. The highest BCUT2D eigenvalue weighted by molar-refractivity contribution is 6.51. The molecule has 0 radical (unpaired) electrons. The van der Waals surface area contributed by atoms with Crippen molar-refractivity contribution in [3.8, 4) is 5.75 Å². The van der Waals surface area contributed by atoms with Crippen molar-refractivity contribution in [2.24, 2.45) is 0 Å². The summed E-state index contributed by atoms with van der Waals surface area (Å²) in [6, 6.07) is 22.5. The molecule has 5 heteroatoms. The molecule has 0 aromatic heterocycles. The van der Waals surface area contributed by atoms with Crippen molar-refractivity contribution in [3.63, 3.8) is 0 Å². The highest BCUT2D eigenvalue weighted by Gasteiger charge is 2.47. The van der Waals surface area contributed by atoms with E-state index in [4.69, 9.17) is 4.74 Å². The molecule has 5 nitrogen and oxygen atoms in total. The second kappa shape index (κ2) is 7.87. The molecule has 30 heavy (non-hydrogen) atoms. The molecule has 1 atom stereocenters. The number of hydrogen-bond acceptors (Lipinski definition) is 4. The maximum atomic E-state index is 13.1. The lowest BCUT2D eigenvalue weighted by molar-refractivity contribution is -0.132. The van der Waals surface area contributed by atoms with Gasteiger partial charge in [0.15, 0.2) is 0 Å². The SMILES string of the molecule is COc1ccccc1[C@@H]1C(=C(O)c2ccccc2)C(=O)C(=O)N1c1cccc(C)c1. The first-order chi connectivity index (χ1) is 14.5. The summed E-state index contributed by atoms with van der Waals surface area (Å²) in [6.07, 6.45) is 0. The predicted octanol–water partition coefficient (Wildman–Crippen LogP) is 4.63. The zero-order chi connectivity index (χ0) is 21.3. The molecule has 0 aliphatic carbocycles. The largest absolute Gasteiger partial charge is 0.507 e. The third-order valence-corrected chi connectivity index (χ3v) is 5.20. The van der Waals surface area contributed by atoms with Crippen LogP contribution >= 0.6 is 0 Å². The number of aliphatic hydroxyl groups is 1. The summed E-state index contributed by atoms with van der Waals surface area (Å²) < 4.78 is 5.52. The Morgan fingerprint density at radius 3 is 2.33 bits per heavy atom. The minimum Gasteiger partial charge on any atom is -0.507 e. The van der Waals surface area contributed by atoms with Crippen molar-refractivity contribution in [3.05, 3.63) is 101 Å². The van der Waals surface area contributed by atoms with E-state index in [0.29, 0.717) is 22.6 Å². The minimum atomic E-state index is -0.817. The van der Waals surface area contributed by atoms with Crippen molar-refractivity contribution in [1.29, 1.82) is 0 Å². The average Bonchev–Trinajstić information content (AvgIpc) is 3.04. The number of ether oxygens (including phenoxy) is 1. The Labute approximate surface area is 174 Å².